The summed E-state index contributed by atoms with van der Waals surface area (Å²) in [6.45, 7) is 11.5. The van der Waals surface area contributed by atoms with E-state index < -0.39 is 0 Å². The van der Waals surface area contributed by atoms with Gasteiger partial charge in [0.2, 0.25) is 0 Å². The van der Waals surface area contributed by atoms with Gasteiger partial charge in [-0.15, -0.1) is 0 Å². The number of anilines is 1. The molecule has 0 spiro atoms. The molecule has 0 aliphatic carbocycles. The van der Waals surface area contributed by atoms with Crippen LogP contribution in [0.3, 0.4) is 0 Å². The van der Waals surface area contributed by atoms with Gasteiger partial charge in [0, 0.05) is 30.9 Å². The molecule has 1 fully saturated rings. The van der Waals surface area contributed by atoms with Crippen LogP contribution in [0.4, 0.5) is 5.82 Å². The fourth-order valence-electron chi connectivity index (χ4n) is 3.12. The van der Waals surface area contributed by atoms with E-state index in [4.69, 9.17) is 0 Å². The van der Waals surface area contributed by atoms with Crippen molar-refractivity contribution in [1.29, 1.82) is 0 Å². The number of pyridine rings is 1. The second-order valence-electron chi connectivity index (χ2n) is 7.05. The van der Waals surface area contributed by atoms with Crippen LogP contribution in [0.15, 0.2) is 18.3 Å². The highest BCUT2D eigenvalue weighted by Crippen LogP contribution is 2.36. The Labute approximate surface area is 123 Å². The van der Waals surface area contributed by atoms with Crippen molar-refractivity contribution < 1.29 is 0 Å². The van der Waals surface area contributed by atoms with E-state index in [0.29, 0.717) is 11.5 Å². The summed E-state index contributed by atoms with van der Waals surface area (Å²) in [6, 6.07) is 4.58. The highest BCUT2D eigenvalue weighted by molar-refractivity contribution is 5.48. The lowest BCUT2D eigenvalue weighted by Gasteiger charge is -2.40. The zero-order chi connectivity index (χ0) is 14.8. The van der Waals surface area contributed by atoms with Crippen LogP contribution < -0.4 is 10.2 Å². The lowest BCUT2D eigenvalue weighted by atomic mass is 9.75. The summed E-state index contributed by atoms with van der Waals surface area (Å²) < 4.78 is 0. The number of hydrogen-bond donors (Lipinski definition) is 1. The number of aromatic nitrogens is 1. The number of rotatable bonds is 3. The first-order valence-corrected chi connectivity index (χ1v) is 7.80. The van der Waals surface area contributed by atoms with Gasteiger partial charge in [-0.05, 0) is 44.2 Å². The fraction of sp³-hybridized carbons (Fsp3) is 0.706. The van der Waals surface area contributed by atoms with Crippen LogP contribution in [-0.4, -0.2) is 25.1 Å². The maximum atomic E-state index is 4.64. The van der Waals surface area contributed by atoms with Gasteiger partial charge in [0.1, 0.15) is 5.82 Å². The van der Waals surface area contributed by atoms with Crippen molar-refractivity contribution in [1.82, 2.24) is 10.3 Å². The molecule has 1 atom stereocenters. The molecule has 0 radical (unpaired) electrons. The second-order valence-corrected chi connectivity index (χ2v) is 7.05. The standard InChI is InChI=1S/C17H29N3/c1-13(18-5)15-7-6-10-19-16(15)20-11-8-14(9-12-20)17(2,3)4/h6-7,10,13-14,18H,8-9,11-12H2,1-5H3. The quantitative estimate of drug-likeness (QED) is 0.913. The van der Waals surface area contributed by atoms with E-state index in [-0.39, 0.29) is 0 Å². The minimum Gasteiger partial charge on any atom is -0.356 e. The molecule has 1 aromatic heterocycles. The summed E-state index contributed by atoms with van der Waals surface area (Å²) in [7, 11) is 2.01. The normalized spacial score (nSPS) is 19.1. The third-order valence-electron chi connectivity index (χ3n) is 4.74. The van der Waals surface area contributed by atoms with Gasteiger partial charge in [0.05, 0.1) is 0 Å². The highest BCUT2D eigenvalue weighted by Gasteiger charge is 2.30. The molecule has 1 N–H and O–H groups in total. The van der Waals surface area contributed by atoms with Gasteiger partial charge in [0.25, 0.3) is 0 Å². The molecule has 1 unspecified atom stereocenters. The third kappa shape index (κ3) is 3.32. The summed E-state index contributed by atoms with van der Waals surface area (Å²) in [5.41, 5.74) is 1.74. The van der Waals surface area contributed by atoms with Gasteiger partial charge < -0.3 is 10.2 Å². The van der Waals surface area contributed by atoms with Crippen molar-refractivity contribution in [2.75, 3.05) is 25.0 Å². The van der Waals surface area contributed by atoms with Gasteiger partial charge in [-0.25, -0.2) is 4.98 Å². The minimum atomic E-state index is 0.346. The number of nitrogens with zero attached hydrogens (tertiary/aromatic N) is 2. The molecular weight excluding hydrogens is 246 g/mol. The van der Waals surface area contributed by atoms with Crippen LogP contribution in [0.5, 0.6) is 0 Å². The van der Waals surface area contributed by atoms with Gasteiger partial charge in [0.15, 0.2) is 0 Å². The van der Waals surface area contributed by atoms with Crippen LogP contribution >= 0.6 is 0 Å². The van der Waals surface area contributed by atoms with Crippen molar-refractivity contribution in [3.05, 3.63) is 23.9 Å². The Morgan fingerprint density at radius 1 is 1.30 bits per heavy atom. The maximum absolute atomic E-state index is 4.64. The Bertz CT molecular complexity index is 428. The lowest BCUT2D eigenvalue weighted by Crippen LogP contribution is -2.39. The molecule has 1 aliphatic heterocycles. The molecule has 2 rings (SSSR count). The molecular formula is C17H29N3. The van der Waals surface area contributed by atoms with E-state index in [2.05, 4.69) is 49.0 Å². The van der Waals surface area contributed by atoms with Crippen molar-refractivity contribution in [3.63, 3.8) is 0 Å². The van der Waals surface area contributed by atoms with Crippen molar-refractivity contribution in [2.45, 2.75) is 46.6 Å². The zero-order valence-corrected chi connectivity index (χ0v) is 13.6. The molecule has 3 heteroatoms. The number of piperidine rings is 1. The molecule has 3 nitrogen and oxygen atoms in total. The van der Waals surface area contributed by atoms with Crippen LogP contribution in [0.1, 0.15) is 52.1 Å². The van der Waals surface area contributed by atoms with Crippen molar-refractivity contribution in [3.8, 4) is 0 Å². The van der Waals surface area contributed by atoms with Crippen LogP contribution in [0.25, 0.3) is 0 Å². The van der Waals surface area contributed by atoms with E-state index in [1.807, 2.05) is 19.3 Å². The molecule has 0 bridgehead atoms. The van der Waals surface area contributed by atoms with E-state index in [9.17, 15) is 0 Å². The molecule has 112 valence electrons. The minimum absolute atomic E-state index is 0.346. The SMILES string of the molecule is CNC(C)c1cccnc1N1CCC(C(C)(C)C)CC1. The average Bonchev–Trinajstić information content (AvgIpc) is 2.45. The van der Waals surface area contributed by atoms with Crippen molar-refractivity contribution >= 4 is 5.82 Å². The summed E-state index contributed by atoms with van der Waals surface area (Å²) in [5, 5.41) is 3.33. The van der Waals surface area contributed by atoms with Crippen LogP contribution in [0.2, 0.25) is 0 Å². The van der Waals surface area contributed by atoms with E-state index in [1.54, 1.807) is 0 Å². The predicted octanol–water partition coefficient (Wildman–Crippen LogP) is 3.62. The monoisotopic (exact) mass is 275 g/mol. The van der Waals surface area contributed by atoms with Gasteiger partial charge in [-0.3, -0.25) is 0 Å². The summed E-state index contributed by atoms with van der Waals surface area (Å²) in [5.74, 6) is 1.99. The Hall–Kier alpha value is -1.09. The Balaban J connectivity index is 2.11. The third-order valence-corrected chi connectivity index (χ3v) is 4.74. The first-order chi connectivity index (χ1) is 9.43. The average molecular weight is 275 g/mol. The summed E-state index contributed by atoms with van der Waals surface area (Å²) in [6.07, 6.45) is 4.46. The predicted molar refractivity (Wildman–Crippen MR) is 86.1 cm³/mol. The highest BCUT2D eigenvalue weighted by atomic mass is 15.2. The van der Waals surface area contributed by atoms with Gasteiger partial charge in [-0.1, -0.05) is 26.8 Å². The Morgan fingerprint density at radius 2 is 1.95 bits per heavy atom. The van der Waals surface area contributed by atoms with E-state index in [0.717, 1.165) is 19.0 Å². The molecule has 20 heavy (non-hydrogen) atoms. The molecule has 1 aliphatic rings. The molecule has 1 aromatic rings. The molecule has 2 heterocycles. The van der Waals surface area contributed by atoms with Crippen molar-refractivity contribution in [2.24, 2.45) is 11.3 Å². The molecule has 0 amide bonds. The molecule has 1 saturated heterocycles. The lowest BCUT2D eigenvalue weighted by molar-refractivity contribution is 0.198. The number of hydrogen-bond acceptors (Lipinski definition) is 3. The van der Waals surface area contributed by atoms with E-state index >= 15 is 0 Å². The van der Waals surface area contributed by atoms with Gasteiger partial charge >= 0.3 is 0 Å². The Kier molecular flexibility index (Phi) is 4.69. The maximum Gasteiger partial charge on any atom is 0.133 e. The van der Waals surface area contributed by atoms with Crippen LogP contribution in [-0.2, 0) is 0 Å². The largest absolute Gasteiger partial charge is 0.356 e. The zero-order valence-electron chi connectivity index (χ0n) is 13.6. The smallest absolute Gasteiger partial charge is 0.133 e. The topological polar surface area (TPSA) is 28.2 Å². The molecule has 0 saturated carbocycles. The molecule has 0 aromatic carbocycles. The summed E-state index contributed by atoms with van der Waals surface area (Å²) in [4.78, 5) is 7.11. The fourth-order valence-corrected chi connectivity index (χ4v) is 3.12. The van der Waals surface area contributed by atoms with E-state index in [1.165, 1.54) is 24.2 Å². The first-order valence-electron chi connectivity index (χ1n) is 7.80. The van der Waals surface area contributed by atoms with Crippen LogP contribution in [0, 0.1) is 11.3 Å². The summed E-state index contributed by atoms with van der Waals surface area (Å²) >= 11 is 0. The first kappa shape index (κ1) is 15.3. The Morgan fingerprint density at radius 3 is 2.50 bits per heavy atom. The number of nitrogens with one attached hydrogen (secondary N) is 1. The second kappa shape index (κ2) is 6.13. The van der Waals surface area contributed by atoms with Gasteiger partial charge in [-0.2, -0.15) is 0 Å².